The summed E-state index contributed by atoms with van der Waals surface area (Å²) >= 11 is 0. The molecular weight excluding hydrogens is 420 g/mol. The fourth-order valence-corrected chi connectivity index (χ4v) is 8.20. The van der Waals surface area contributed by atoms with Crippen molar-refractivity contribution in [3.05, 3.63) is 23.8 Å². The Morgan fingerprint density at radius 3 is 2.21 bits per heavy atom. The topological polar surface area (TPSA) is 89.9 Å². The van der Waals surface area contributed by atoms with Gasteiger partial charge in [0.15, 0.2) is 0 Å². The van der Waals surface area contributed by atoms with Crippen molar-refractivity contribution in [3.63, 3.8) is 0 Å². The highest BCUT2D eigenvalue weighted by Crippen LogP contribution is 2.72. The molecule has 0 aromatic carbocycles. The molecule has 1 N–H and O–H groups in total. The van der Waals surface area contributed by atoms with Crippen LogP contribution in [-0.2, 0) is 23.9 Å². The minimum absolute atomic E-state index is 0.122. The Hall–Kier alpha value is -2.11. The molecule has 4 aliphatic carbocycles. The number of aliphatic carboxylic acids is 1. The van der Waals surface area contributed by atoms with Gasteiger partial charge < -0.3 is 14.6 Å². The number of carboxylic acid groups (broad SMARTS) is 1. The van der Waals surface area contributed by atoms with Gasteiger partial charge in [-0.05, 0) is 76.5 Å². The lowest BCUT2D eigenvalue weighted by atomic mass is 9.39. The van der Waals surface area contributed by atoms with Crippen molar-refractivity contribution in [2.45, 2.75) is 92.3 Å². The lowest BCUT2D eigenvalue weighted by Gasteiger charge is -2.66. The molecule has 6 heteroatoms. The van der Waals surface area contributed by atoms with Gasteiger partial charge >= 0.3 is 17.9 Å². The molecular formula is C27H38O6. The second-order valence-corrected chi connectivity index (χ2v) is 11.6. The van der Waals surface area contributed by atoms with Gasteiger partial charge in [0.05, 0.1) is 0 Å². The fraction of sp³-hybridized carbons (Fsp3) is 0.741. The summed E-state index contributed by atoms with van der Waals surface area (Å²) in [4.78, 5) is 37.3. The number of carbonyl (C=O) groups excluding carboxylic acids is 2. The summed E-state index contributed by atoms with van der Waals surface area (Å²) in [5.74, 6) is -1.50. The Labute approximate surface area is 196 Å². The molecule has 4 aliphatic rings. The molecule has 8 atom stereocenters. The molecule has 33 heavy (non-hydrogen) atoms. The summed E-state index contributed by atoms with van der Waals surface area (Å²) in [6, 6.07) is 0. The van der Waals surface area contributed by atoms with E-state index in [1.807, 2.05) is 6.92 Å². The normalized spacial score (nSPS) is 46.2. The molecule has 2 bridgehead atoms. The van der Waals surface area contributed by atoms with E-state index in [0.717, 1.165) is 25.7 Å². The summed E-state index contributed by atoms with van der Waals surface area (Å²) in [6.07, 6.45) is 10.1. The van der Waals surface area contributed by atoms with Gasteiger partial charge in [0.1, 0.15) is 17.6 Å². The third-order valence-electron chi connectivity index (χ3n) is 10.0. The van der Waals surface area contributed by atoms with Crippen molar-refractivity contribution >= 4 is 17.9 Å². The first kappa shape index (κ1) is 24.0. The van der Waals surface area contributed by atoms with Crippen LogP contribution in [0.2, 0.25) is 0 Å². The van der Waals surface area contributed by atoms with Gasteiger partial charge in [-0.1, -0.05) is 32.1 Å². The summed E-state index contributed by atoms with van der Waals surface area (Å²) in [6.45, 7) is 11.2. The minimum Gasteiger partial charge on any atom is -0.481 e. The molecule has 0 heterocycles. The number of carboxylic acids is 1. The van der Waals surface area contributed by atoms with Crippen molar-refractivity contribution in [3.8, 4) is 0 Å². The monoisotopic (exact) mass is 458 g/mol. The number of hydrogen-bond donors (Lipinski definition) is 1. The zero-order valence-corrected chi connectivity index (χ0v) is 20.8. The highest BCUT2D eigenvalue weighted by atomic mass is 16.6. The van der Waals surface area contributed by atoms with E-state index in [4.69, 9.17) is 9.47 Å². The van der Waals surface area contributed by atoms with Gasteiger partial charge in [-0.15, -0.1) is 0 Å². The van der Waals surface area contributed by atoms with Gasteiger partial charge in [0.25, 0.3) is 0 Å². The van der Waals surface area contributed by atoms with Crippen molar-refractivity contribution < 1.29 is 29.0 Å². The third-order valence-corrected chi connectivity index (χ3v) is 10.0. The Kier molecular flexibility index (Phi) is 5.61. The molecule has 3 fully saturated rings. The predicted octanol–water partition coefficient (Wildman–Crippen LogP) is 5.07. The van der Waals surface area contributed by atoms with E-state index in [0.29, 0.717) is 18.4 Å². The first-order chi connectivity index (χ1) is 15.3. The van der Waals surface area contributed by atoms with Crippen LogP contribution in [0.15, 0.2) is 23.8 Å². The molecule has 0 aromatic rings. The average molecular weight is 459 g/mol. The van der Waals surface area contributed by atoms with Crippen LogP contribution in [0, 0.1) is 33.5 Å². The molecule has 0 radical (unpaired) electrons. The Morgan fingerprint density at radius 2 is 1.61 bits per heavy atom. The molecule has 0 amide bonds. The number of fused-ring (bicyclic) bond motifs is 3. The SMILES string of the molecule is C/C=C(\C)C(=O)O[C@@H]1[C@]23C=C[C@@]1(C)CC[C@H]2[C@]1(C)CC[C@@H](OC(C)=O)[C@@](C)(C(=O)O)[C@H]1CC3. The molecule has 0 aliphatic heterocycles. The zero-order chi connectivity index (χ0) is 24.4. The van der Waals surface area contributed by atoms with Crippen molar-refractivity contribution in [2.75, 3.05) is 0 Å². The third kappa shape index (κ3) is 3.23. The molecule has 3 saturated carbocycles. The molecule has 6 nitrogen and oxygen atoms in total. The van der Waals surface area contributed by atoms with Crippen LogP contribution in [0.1, 0.15) is 80.1 Å². The maximum Gasteiger partial charge on any atom is 0.333 e. The lowest BCUT2D eigenvalue weighted by Crippen LogP contribution is -2.66. The predicted molar refractivity (Wildman–Crippen MR) is 123 cm³/mol. The maximum absolute atomic E-state index is 12.8. The second-order valence-electron chi connectivity index (χ2n) is 11.6. The van der Waals surface area contributed by atoms with Crippen LogP contribution in [0.4, 0.5) is 0 Å². The highest BCUT2D eigenvalue weighted by Gasteiger charge is 2.71. The number of allylic oxidation sites excluding steroid dienone is 1. The molecule has 0 unspecified atom stereocenters. The van der Waals surface area contributed by atoms with Crippen molar-refractivity contribution in [1.29, 1.82) is 0 Å². The summed E-state index contributed by atoms with van der Waals surface area (Å²) in [5.41, 5.74) is -1.27. The first-order valence-corrected chi connectivity index (χ1v) is 12.3. The number of carbonyl (C=O) groups is 3. The van der Waals surface area contributed by atoms with Crippen LogP contribution < -0.4 is 0 Å². The molecule has 0 saturated heterocycles. The minimum atomic E-state index is -1.14. The van der Waals surface area contributed by atoms with E-state index in [2.05, 4.69) is 26.0 Å². The van der Waals surface area contributed by atoms with E-state index >= 15 is 0 Å². The van der Waals surface area contributed by atoms with Crippen LogP contribution in [-0.4, -0.2) is 35.2 Å². The quantitative estimate of drug-likeness (QED) is 0.359. The summed E-state index contributed by atoms with van der Waals surface area (Å²) < 4.78 is 11.8. The van der Waals surface area contributed by atoms with Gasteiger partial charge in [-0.2, -0.15) is 0 Å². The van der Waals surface area contributed by atoms with E-state index in [1.165, 1.54) is 6.92 Å². The Balaban J connectivity index is 1.74. The first-order valence-electron chi connectivity index (χ1n) is 12.3. The zero-order valence-electron chi connectivity index (χ0n) is 20.8. The second kappa shape index (κ2) is 7.71. The van der Waals surface area contributed by atoms with Crippen LogP contribution in [0.5, 0.6) is 0 Å². The number of esters is 2. The van der Waals surface area contributed by atoms with E-state index in [9.17, 15) is 19.5 Å². The largest absolute Gasteiger partial charge is 0.481 e. The van der Waals surface area contributed by atoms with Gasteiger partial charge in [-0.25, -0.2) is 4.79 Å². The number of hydrogen-bond acceptors (Lipinski definition) is 5. The van der Waals surface area contributed by atoms with Crippen LogP contribution in [0.25, 0.3) is 0 Å². The van der Waals surface area contributed by atoms with E-state index in [-0.39, 0.29) is 40.2 Å². The smallest absolute Gasteiger partial charge is 0.333 e. The van der Waals surface area contributed by atoms with Crippen molar-refractivity contribution in [2.24, 2.45) is 33.5 Å². The fourth-order valence-electron chi connectivity index (χ4n) is 8.20. The standard InChI is InChI=1S/C27H38O6/c1-7-16(2)21(29)33-22-24(4)11-8-19-25(5)12-10-20(32-17(3)28)26(6,23(30)31)18(25)9-13-27(19,22)15-14-24/h7,14-15,18-20,22H,8-13H2,1-6H3,(H,30,31)/b16-7+/t18-,19-,20+,22-,24+,25+,26-,27+/m0/s1. The van der Waals surface area contributed by atoms with Crippen molar-refractivity contribution in [1.82, 2.24) is 0 Å². The van der Waals surface area contributed by atoms with Gasteiger partial charge in [0.2, 0.25) is 0 Å². The van der Waals surface area contributed by atoms with Crippen LogP contribution >= 0.6 is 0 Å². The van der Waals surface area contributed by atoms with E-state index < -0.39 is 23.5 Å². The number of ether oxygens (including phenoxy) is 2. The summed E-state index contributed by atoms with van der Waals surface area (Å²) in [7, 11) is 0. The Morgan fingerprint density at radius 1 is 0.939 bits per heavy atom. The maximum atomic E-state index is 12.8. The summed E-state index contributed by atoms with van der Waals surface area (Å²) in [5, 5.41) is 10.4. The van der Waals surface area contributed by atoms with E-state index in [1.54, 1.807) is 19.9 Å². The Bertz CT molecular complexity index is 935. The van der Waals surface area contributed by atoms with Crippen LogP contribution in [0.3, 0.4) is 0 Å². The average Bonchev–Trinajstić information content (AvgIpc) is 2.90. The molecule has 1 spiro atoms. The molecule has 0 aromatic heterocycles. The highest BCUT2D eigenvalue weighted by molar-refractivity contribution is 5.88. The van der Waals surface area contributed by atoms with Gasteiger partial charge in [-0.3, -0.25) is 9.59 Å². The lowest BCUT2D eigenvalue weighted by molar-refractivity contribution is -0.227. The molecule has 4 rings (SSSR count). The molecule has 182 valence electrons. The number of rotatable bonds is 4. The van der Waals surface area contributed by atoms with Gasteiger partial charge in [0, 0.05) is 23.3 Å².